The number of nitrogens with zero attached hydrogens (tertiary/aromatic N) is 2. The molecule has 0 aliphatic carbocycles. The van der Waals surface area contributed by atoms with E-state index >= 15 is 0 Å². The van der Waals surface area contributed by atoms with E-state index in [9.17, 15) is 18.0 Å². The van der Waals surface area contributed by atoms with Crippen molar-refractivity contribution >= 4 is 39.3 Å². The van der Waals surface area contributed by atoms with Crippen molar-refractivity contribution in [3.63, 3.8) is 0 Å². The summed E-state index contributed by atoms with van der Waals surface area (Å²) in [4.78, 5) is 30.6. The Bertz CT molecular complexity index is 1610. The second-order valence-electron chi connectivity index (χ2n) is 10.5. The number of nitrogens with one attached hydrogen (secondary N) is 1. The van der Waals surface area contributed by atoms with E-state index in [4.69, 9.17) is 0 Å². The molecule has 0 aliphatic heterocycles. The third-order valence-corrected chi connectivity index (χ3v) is 9.80. The summed E-state index contributed by atoms with van der Waals surface area (Å²) in [6, 6.07) is 31.8. The van der Waals surface area contributed by atoms with Crippen LogP contribution in [-0.4, -0.2) is 50.5 Å². The number of anilines is 1. The van der Waals surface area contributed by atoms with Gasteiger partial charge in [0.1, 0.15) is 12.6 Å². The molecule has 44 heavy (non-hydrogen) atoms. The predicted octanol–water partition coefficient (Wildman–Crippen LogP) is 6.08. The van der Waals surface area contributed by atoms with Crippen LogP contribution in [0.2, 0.25) is 0 Å². The van der Waals surface area contributed by atoms with E-state index in [2.05, 4.69) is 5.32 Å². The predicted molar refractivity (Wildman–Crippen MR) is 178 cm³/mol. The summed E-state index contributed by atoms with van der Waals surface area (Å²) >= 11 is 1.51. The molecule has 0 heterocycles. The van der Waals surface area contributed by atoms with Crippen LogP contribution in [0.4, 0.5) is 5.69 Å². The van der Waals surface area contributed by atoms with Gasteiger partial charge in [-0.3, -0.25) is 13.9 Å². The van der Waals surface area contributed by atoms with Crippen LogP contribution in [0, 0.1) is 6.92 Å². The molecule has 0 saturated carbocycles. The number of benzene rings is 4. The average Bonchev–Trinajstić information content (AvgIpc) is 3.05. The van der Waals surface area contributed by atoms with Gasteiger partial charge < -0.3 is 10.2 Å². The zero-order valence-electron chi connectivity index (χ0n) is 25.3. The Labute approximate surface area is 265 Å². The highest BCUT2D eigenvalue weighted by atomic mass is 32.2. The fraction of sp³-hybridized carbons (Fsp3) is 0.257. The first-order chi connectivity index (χ1) is 21.2. The van der Waals surface area contributed by atoms with E-state index in [0.717, 1.165) is 32.3 Å². The smallest absolute Gasteiger partial charge is 0.264 e. The molecule has 7 nitrogen and oxygen atoms in total. The summed E-state index contributed by atoms with van der Waals surface area (Å²) in [5.41, 5.74) is 3.06. The van der Waals surface area contributed by atoms with Crippen LogP contribution in [0.15, 0.2) is 119 Å². The van der Waals surface area contributed by atoms with Gasteiger partial charge in [-0.05, 0) is 67.1 Å². The second-order valence-corrected chi connectivity index (χ2v) is 13.3. The summed E-state index contributed by atoms with van der Waals surface area (Å²) in [5, 5.41) is 2.97. The topological polar surface area (TPSA) is 86.8 Å². The number of sulfonamides is 1. The lowest BCUT2D eigenvalue weighted by atomic mass is 10.0. The molecule has 9 heteroatoms. The molecule has 2 amide bonds. The minimum Gasteiger partial charge on any atom is -0.354 e. The number of amides is 2. The minimum atomic E-state index is -4.14. The summed E-state index contributed by atoms with van der Waals surface area (Å²) in [6.07, 6.45) is 2.94. The van der Waals surface area contributed by atoms with Crippen LogP contribution in [-0.2, 0) is 32.6 Å². The molecule has 4 aromatic rings. The molecule has 0 fully saturated rings. The summed E-state index contributed by atoms with van der Waals surface area (Å²) in [6.45, 7) is 4.01. The van der Waals surface area contributed by atoms with Gasteiger partial charge in [0, 0.05) is 24.4 Å². The molecular formula is C35H39N3O4S2. The molecule has 0 spiro atoms. The SMILES string of the molecule is CCCNC(=O)[C@@H](Cc1ccccc1)N(Cc1ccccc1)C(=O)CN(c1ccc(C)cc1)S(=O)(=O)c1ccc(SC)cc1. The van der Waals surface area contributed by atoms with Gasteiger partial charge in [-0.25, -0.2) is 8.42 Å². The summed E-state index contributed by atoms with van der Waals surface area (Å²) in [7, 11) is -4.14. The van der Waals surface area contributed by atoms with E-state index in [0.29, 0.717) is 12.2 Å². The molecule has 0 aliphatic rings. The lowest BCUT2D eigenvalue weighted by Gasteiger charge is -2.34. The van der Waals surface area contributed by atoms with Gasteiger partial charge in [-0.1, -0.05) is 85.3 Å². The van der Waals surface area contributed by atoms with E-state index in [1.165, 1.54) is 16.7 Å². The number of carbonyl (C=O) groups excluding carboxylic acids is 2. The number of aryl methyl sites for hydroxylation is 1. The van der Waals surface area contributed by atoms with Gasteiger partial charge in [0.2, 0.25) is 11.8 Å². The van der Waals surface area contributed by atoms with Gasteiger partial charge in [0.25, 0.3) is 10.0 Å². The van der Waals surface area contributed by atoms with Crippen molar-refractivity contribution in [1.82, 2.24) is 10.2 Å². The third kappa shape index (κ3) is 8.51. The first-order valence-electron chi connectivity index (χ1n) is 14.6. The Kier molecular flexibility index (Phi) is 11.6. The maximum atomic E-state index is 14.4. The fourth-order valence-corrected chi connectivity index (χ4v) is 6.64. The van der Waals surface area contributed by atoms with Crippen LogP contribution < -0.4 is 9.62 Å². The Morgan fingerprint density at radius 2 is 1.41 bits per heavy atom. The Morgan fingerprint density at radius 3 is 1.98 bits per heavy atom. The lowest BCUT2D eigenvalue weighted by Crippen LogP contribution is -2.53. The molecule has 1 N–H and O–H groups in total. The van der Waals surface area contributed by atoms with Crippen molar-refractivity contribution in [1.29, 1.82) is 0 Å². The Hall–Kier alpha value is -4.08. The standard InChI is InChI=1S/C35H39N3O4S2/c1-4-23-36-35(40)33(24-28-11-7-5-8-12-28)37(25-29-13-9-6-10-14-29)34(39)26-38(30-17-15-27(2)16-18-30)44(41,42)32-21-19-31(43-3)20-22-32/h5-22,33H,4,23-26H2,1-3H3,(H,36,40)/t33-/m1/s1. The van der Waals surface area contributed by atoms with Crippen molar-refractivity contribution in [3.8, 4) is 0 Å². The molecule has 0 unspecified atom stereocenters. The number of rotatable bonds is 14. The Morgan fingerprint density at radius 1 is 0.818 bits per heavy atom. The van der Waals surface area contributed by atoms with Gasteiger partial charge in [-0.2, -0.15) is 0 Å². The van der Waals surface area contributed by atoms with Crippen LogP contribution in [0.25, 0.3) is 0 Å². The van der Waals surface area contributed by atoms with Crippen molar-refractivity contribution in [2.24, 2.45) is 0 Å². The van der Waals surface area contributed by atoms with Crippen LogP contribution in [0.1, 0.15) is 30.0 Å². The number of hydrogen-bond acceptors (Lipinski definition) is 5. The number of hydrogen-bond donors (Lipinski definition) is 1. The lowest BCUT2D eigenvalue weighted by molar-refractivity contribution is -0.140. The maximum Gasteiger partial charge on any atom is 0.264 e. The quantitative estimate of drug-likeness (QED) is 0.171. The van der Waals surface area contributed by atoms with Gasteiger partial charge in [-0.15, -0.1) is 11.8 Å². The normalized spacial score (nSPS) is 11.9. The monoisotopic (exact) mass is 629 g/mol. The van der Waals surface area contributed by atoms with Crippen LogP contribution in [0.5, 0.6) is 0 Å². The average molecular weight is 630 g/mol. The van der Waals surface area contributed by atoms with Crippen molar-refractivity contribution in [2.75, 3.05) is 23.7 Å². The number of carbonyl (C=O) groups is 2. The largest absolute Gasteiger partial charge is 0.354 e. The molecular weight excluding hydrogens is 591 g/mol. The van der Waals surface area contributed by atoms with Crippen molar-refractivity contribution < 1.29 is 18.0 Å². The highest BCUT2D eigenvalue weighted by molar-refractivity contribution is 7.98. The van der Waals surface area contributed by atoms with E-state index < -0.39 is 28.5 Å². The summed E-state index contributed by atoms with van der Waals surface area (Å²) in [5.74, 6) is -0.760. The first kappa shape index (κ1) is 32.8. The zero-order chi connectivity index (χ0) is 31.5. The Balaban J connectivity index is 1.77. The van der Waals surface area contributed by atoms with E-state index in [-0.39, 0.29) is 23.8 Å². The van der Waals surface area contributed by atoms with E-state index in [1.807, 2.05) is 92.9 Å². The highest BCUT2D eigenvalue weighted by Gasteiger charge is 2.34. The highest BCUT2D eigenvalue weighted by Crippen LogP contribution is 2.27. The molecule has 4 aromatic carbocycles. The molecule has 0 bridgehead atoms. The molecule has 0 saturated heterocycles. The second kappa shape index (κ2) is 15.6. The molecule has 1 atom stereocenters. The van der Waals surface area contributed by atoms with Crippen LogP contribution in [0.3, 0.4) is 0 Å². The zero-order valence-corrected chi connectivity index (χ0v) is 27.0. The van der Waals surface area contributed by atoms with Gasteiger partial charge >= 0.3 is 0 Å². The van der Waals surface area contributed by atoms with Crippen LogP contribution >= 0.6 is 11.8 Å². The molecule has 0 aromatic heterocycles. The van der Waals surface area contributed by atoms with Crippen molar-refractivity contribution in [3.05, 3.63) is 126 Å². The van der Waals surface area contributed by atoms with Gasteiger partial charge in [0.15, 0.2) is 0 Å². The molecule has 4 rings (SSSR count). The molecule has 0 radical (unpaired) electrons. The number of thioether (sulfide) groups is 1. The maximum absolute atomic E-state index is 14.4. The minimum absolute atomic E-state index is 0.0832. The van der Waals surface area contributed by atoms with Gasteiger partial charge in [0.05, 0.1) is 10.6 Å². The fourth-order valence-electron chi connectivity index (χ4n) is 4.81. The third-order valence-electron chi connectivity index (χ3n) is 7.26. The summed E-state index contributed by atoms with van der Waals surface area (Å²) < 4.78 is 29.4. The van der Waals surface area contributed by atoms with E-state index in [1.54, 1.807) is 36.4 Å². The molecule has 230 valence electrons. The van der Waals surface area contributed by atoms with Crippen molar-refractivity contribution in [2.45, 2.75) is 49.1 Å². The first-order valence-corrected chi connectivity index (χ1v) is 17.3.